The highest BCUT2D eigenvalue weighted by Crippen LogP contribution is 2.32. The van der Waals surface area contributed by atoms with E-state index in [9.17, 15) is 14.9 Å². The molecule has 1 atom stereocenters. The number of likely N-dealkylation sites (tertiary alicyclic amines) is 1. The molecule has 1 unspecified atom stereocenters. The number of aromatic nitrogens is 2. The zero-order chi connectivity index (χ0) is 21.8. The minimum atomic E-state index is -0.460. The summed E-state index contributed by atoms with van der Waals surface area (Å²) < 4.78 is 10.6. The van der Waals surface area contributed by atoms with E-state index < -0.39 is 4.92 Å². The molecular weight excluding hydrogens is 400 g/mol. The number of hydrogen-bond donors (Lipinski definition) is 0. The Morgan fingerprint density at radius 3 is 2.65 bits per heavy atom. The second kappa shape index (κ2) is 8.78. The third-order valence-electron chi connectivity index (χ3n) is 5.13. The molecule has 0 radical (unpaired) electrons. The van der Waals surface area contributed by atoms with Crippen molar-refractivity contribution in [3.8, 4) is 17.1 Å². The fourth-order valence-electron chi connectivity index (χ4n) is 3.49. The normalized spacial score (nSPS) is 16.0. The molecule has 4 rings (SSSR count). The number of nitro benzene ring substituents is 1. The Hall–Kier alpha value is -4.01. The summed E-state index contributed by atoms with van der Waals surface area (Å²) in [5.41, 5.74) is 1.51. The van der Waals surface area contributed by atoms with E-state index in [4.69, 9.17) is 9.26 Å². The van der Waals surface area contributed by atoms with Gasteiger partial charge in [-0.05, 0) is 60.9 Å². The van der Waals surface area contributed by atoms with Crippen molar-refractivity contribution in [2.75, 3.05) is 13.7 Å². The SMILES string of the molecule is COc1ccc(-c2noc(C3CCCN3C(=O)/C=C/c3ccc([N+](=O)[O-])cc3)n2)cc1. The van der Waals surface area contributed by atoms with E-state index >= 15 is 0 Å². The Kier molecular flexibility index (Phi) is 5.74. The van der Waals surface area contributed by atoms with Crippen LogP contribution in [-0.2, 0) is 4.79 Å². The number of nitro groups is 1. The maximum absolute atomic E-state index is 12.8. The fourth-order valence-corrected chi connectivity index (χ4v) is 3.49. The van der Waals surface area contributed by atoms with E-state index in [-0.39, 0.29) is 17.6 Å². The Bertz CT molecular complexity index is 1110. The molecule has 2 aromatic carbocycles. The van der Waals surface area contributed by atoms with Gasteiger partial charge in [0.05, 0.1) is 12.0 Å². The number of carbonyl (C=O) groups excluding carboxylic acids is 1. The molecule has 3 aromatic rings. The van der Waals surface area contributed by atoms with E-state index in [1.54, 1.807) is 30.2 Å². The third kappa shape index (κ3) is 4.45. The van der Waals surface area contributed by atoms with Crippen molar-refractivity contribution < 1.29 is 19.0 Å². The lowest BCUT2D eigenvalue weighted by Crippen LogP contribution is -2.29. The molecule has 1 aliphatic heterocycles. The van der Waals surface area contributed by atoms with E-state index in [1.807, 2.05) is 24.3 Å². The van der Waals surface area contributed by atoms with Crippen LogP contribution in [0.1, 0.15) is 30.3 Å². The van der Waals surface area contributed by atoms with Gasteiger partial charge in [-0.3, -0.25) is 14.9 Å². The minimum absolute atomic E-state index is 0.00661. The molecule has 1 fully saturated rings. The van der Waals surface area contributed by atoms with Crippen LogP contribution in [0.4, 0.5) is 5.69 Å². The highest BCUT2D eigenvalue weighted by Gasteiger charge is 2.33. The fraction of sp³-hybridized carbons (Fsp3) is 0.227. The number of amides is 1. The summed E-state index contributed by atoms with van der Waals surface area (Å²) >= 11 is 0. The van der Waals surface area contributed by atoms with Gasteiger partial charge < -0.3 is 14.2 Å². The molecule has 0 N–H and O–H groups in total. The lowest BCUT2D eigenvalue weighted by Gasteiger charge is -2.20. The Morgan fingerprint density at radius 1 is 1.23 bits per heavy atom. The zero-order valence-corrected chi connectivity index (χ0v) is 16.8. The van der Waals surface area contributed by atoms with Gasteiger partial charge in [0, 0.05) is 30.3 Å². The highest BCUT2D eigenvalue weighted by molar-refractivity contribution is 5.92. The van der Waals surface area contributed by atoms with Crippen LogP contribution in [-0.4, -0.2) is 39.5 Å². The summed E-state index contributed by atoms with van der Waals surface area (Å²) in [6, 6.07) is 13.1. The first kappa shape index (κ1) is 20.3. The molecule has 158 valence electrons. The average molecular weight is 420 g/mol. The summed E-state index contributed by atoms with van der Waals surface area (Å²) in [6.45, 7) is 0.592. The molecule has 0 aliphatic carbocycles. The molecule has 9 nitrogen and oxygen atoms in total. The number of hydrogen-bond acceptors (Lipinski definition) is 7. The smallest absolute Gasteiger partial charge is 0.269 e. The molecule has 2 heterocycles. The molecular formula is C22H20N4O5. The van der Waals surface area contributed by atoms with Crippen molar-refractivity contribution in [1.29, 1.82) is 0 Å². The standard InChI is InChI=1S/C22H20N4O5/c1-30-18-11-7-16(8-12-18)21-23-22(31-24-21)19-3-2-14-25(19)20(27)13-6-15-4-9-17(10-5-15)26(28)29/h4-13,19H,2-3,14H2,1H3/b13-6+. The van der Waals surface area contributed by atoms with Crippen molar-refractivity contribution >= 4 is 17.7 Å². The van der Waals surface area contributed by atoms with Crippen LogP contribution in [0, 0.1) is 10.1 Å². The lowest BCUT2D eigenvalue weighted by atomic mass is 10.2. The molecule has 1 amide bonds. The molecule has 1 aliphatic rings. The second-order valence-corrected chi connectivity index (χ2v) is 7.06. The van der Waals surface area contributed by atoms with E-state index in [2.05, 4.69) is 10.1 Å². The minimum Gasteiger partial charge on any atom is -0.497 e. The van der Waals surface area contributed by atoms with E-state index in [0.717, 1.165) is 24.2 Å². The quantitative estimate of drug-likeness (QED) is 0.336. The topological polar surface area (TPSA) is 112 Å². The van der Waals surface area contributed by atoms with Crippen molar-refractivity contribution in [3.63, 3.8) is 0 Å². The largest absolute Gasteiger partial charge is 0.497 e. The van der Waals surface area contributed by atoms with Crippen LogP contribution < -0.4 is 4.74 Å². The van der Waals surface area contributed by atoms with Gasteiger partial charge in [0.25, 0.3) is 5.69 Å². The maximum Gasteiger partial charge on any atom is 0.269 e. The predicted molar refractivity (Wildman–Crippen MR) is 112 cm³/mol. The Labute approximate surface area is 178 Å². The molecule has 31 heavy (non-hydrogen) atoms. The van der Waals surface area contributed by atoms with Gasteiger partial charge in [0.2, 0.25) is 17.6 Å². The zero-order valence-electron chi connectivity index (χ0n) is 16.8. The number of non-ortho nitro benzene ring substituents is 1. The molecule has 1 saturated heterocycles. The monoisotopic (exact) mass is 420 g/mol. The first-order valence-corrected chi connectivity index (χ1v) is 9.76. The van der Waals surface area contributed by atoms with E-state index in [1.165, 1.54) is 18.2 Å². The molecule has 1 aromatic heterocycles. The first-order valence-electron chi connectivity index (χ1n) is 9.76. The summed E-state index contributed by atoms with van der Waals surface area (Å²) in [6.07, 6.45) is 4.67. The number of ether oxygens (including phenoxy) is 1. The van der Waals surface area contributed by atoms with Crippen molar-refractivity contribution in [1.82, 2.24) is 15.0 Å². The Balaban J connectivity index is 1.46. The maximum atomic E-state index is 12.8. The number of methoxy groups -OCH3 is 1. The summed E-state index contributed by atoms with van der Waals surface area (Å²) in [5.74, 6) is 1.42. The van der Waals surface area contributed by atoms with Crippen molar-refractivity contribution in [3.05, 3.63) is 76.2 Å². The van der Waals surface area contributed by atoms with Gasteiger partial charge in [-0.15, -0.1) is 0 Å². The summed E-state index contributed by atoms with van der Waals surface area (Å²) in [5, 5.41) is 14.8. The third-order valence-corrected chi connectivity index (χ3v) is 5.13. The average Bonchev–Trinajstić information content (AvgIpc) is 3.47. The molecule has 0 bridgehead atoms. The summed E-state index contributed by atoms with van der Waals surface area (Å²) in [4.78, 5) is 29.2. The van der Waals surface area contributed by atoms with Crippen LogP contribution in [0.25, 0.3) is 17.5 Å². The van der Waals surface area contributed by atoms with Gasteiger partial charge in [0.15, 0.2) is 0 Å². The van der Waals surface area contributed by atoms with Crippen molar-refractivity contribution in [2.45, 2.75) is 18.9 Å². The number of rotatable bonds is 6. The highest BCUT2D eigenvalue weighted by atomic mass is 16.6. The van der Waals surface area contributed by atoms with Crippen molar-refractivity contribution in [2.24, 2.45) is 0 Å². The number of benzene rings is 2. The van der Waals surface area contributed by atoms with Gasteiger partial charge >= 0.3 is 0 Å². The first-order chi connectivity index (χ1) is 15.0. The Morgan fingerprint density at radius 2 is 1.97 bits per heavy atom. The number of carbonyl (C=O) groups is 1. The predicted octanol–water partition coefficient (Wildman–Crippen LogP) is 4.03. The lowest BCUT2D eigenvalue weighted by molar-refractivity contribution is -0.384. The summed E-state index contributed by atoms with van der Waals surface area (Å²) in [7, 11) is 1.60. The number of nitrogens with zero attached hydrogens (tertiary/aromatic N) is 4. The van der Waals surface area contributed by atoms with Gasteiger partial charge in [-0.2, -0.15) is 4.98 Å². The van der Waals surface area contributed by atoms with Crippen LogP contribution >= 0.6 is 0 Å². The van der Waals surface area contributed by atoms with Crippen LogP contribution in [0.2, 0.25) is 0 Å². The van der Waals surface area contributed by atoms with Crippen LogP contribution in [0.15, 0.2) is 59.1 Å². The molecule has 0 spiro atoms. The molecule has 9 heteroatoms. The van der Waals surface area contributed by atoms with E-state index in [0.29, 0.717) is 23.8 Å². The van der Waals surface area contributed by atoms with Crippen LogP contribution in [0.5, 0.6) is 5.75 Å². The van der Waals surface area contributed by atoms with Gasteiger partial charge in [-0.1, -0.05) is 5.16 Å². The van der Waals surface area contributed by atoms with Crippen LogP contribution in [0.3, 0.4) is 0 Å². The van der Waals surface area contributed by atoms with Gasteiger partial charge in [0.1, 0.15) is 11.8 Å². The molecule has 0 saturated carbocycles. The van der Waals surface area contributed by atoms with Gasteiger partial charge in [-0.25, -0.2) is 0 Å². The second-order valence-electron chi connectivity index (χ2n) is 7.06.